The van der Waals surface area contributed by atoms with Gasteiger partial charge in [0.2, 0.25) is 11.8 Å². The van der Waals surface area contributed by atoms with Crippen LogP contribution in [0.2, 0.25) is 0 Å². The molecule has 1 heterocycles. The summed E-state index contributed by atoms with van der Waals surface area (Å²) in [6, 6.07) is 6.90. The van der Waals surface area contributed by atoms with Gasteiger partial charge in [-0.1, -0.05) is 12.1 Å². The second-order valence-corrected chi connectivity index (χ2v) is 5.23. The Labute approximate surface area is 138 Å². The molecular weight excluding hydrogens is 314 g/mol. The van der Waals surface area contributed by atoms with Crippen LogP contribution in [-0.4, -0.2) is 38.8 Å². The van der Waals surface area contributed by atoms with E-state index in [1.807, 2.05) is 0 Å². The number of rotatable bonds is 5. The number of aromatic nitrogens is 1. The fourth-order valence-corrected chi connectivity index (χ4v) is 2.18. The van der Waals surface area contributed by atoms with Gasteiger partial charge in [0.1, 0.15) is 5.56 Å². The van der Waals surface area contributed by atoms with Gasteiger partial charge in [-0.2, -0.15) is 0 Å². The molecule has 0 radical (unpaired) electrons. The summed E-state index contributed by atoms with van der Waals surface area (Å²) in [4.78, 5) is 28.5. The lowest BCUT2D eigenvalue weighted by Gasteiger charge is -2.19. The van der Waals surface area contributed by atoms with Crippen molar-refractivity contribution in [2.45, 2.75) is 13.5 Å². The van der Waals surface area contributed by atoms with E-state index in [0.29, 0.717) is 5.69 Å². The Morgan fingerprint density at radius 1 is 1.25 bits per heavy atom. The number of aryl methyl sites for hydroxylation is 1. The smallest absolute Gasteiger partial charge is 0.283 e. The summed E-state index contributed by atoms with van der Waals surface area (Å²) in [7, 11) is 2.84. The van der Waals surface area contributed by atoms with E-state index in [-0.39, 0.29) is 18.0 Å². The van der Waals surface area contributed by atoms with E-state index >= 15 is 0 Å². The molecule has 0 saturated heterocycles. The summed E-state index contributed by atoms with van der Waals surface area (Å²) in [5.41, 5.74) is 1.35. The minimum atomic E-state index is -0.586. The predicted molar refractivity (Wildman–Crippen MR) is 86.4 cm³/mol. The van der Waals surface area contributed by atoms with Crippen molar-refractivity contribution in [1.82, 2.24) is 9.63 Å². The van der Waals surface area contributed by atoms with Crippen LogP contribution in [0.5, 0.6) is 11.6 Å². The van der Waals surface area contributed by atoms with Crippen LogP contribution >= 0.6 is 0 Å². The van der Waals surface area contributed by atoms with E-state index in [1.54, 1.807) is 24.3 Å². The highest BCUT2D eigenvalue weighted by Gasteiger charge is 2.24. The van der Waals surface area contributed by atoms with Crippen molar-refractivity contribution in [1.29, 1.82) is 0 Å². The first kappa shape index (κ1) is 17.4. The van der Waals surface area contributed by atoms with E-state index in [2.05, 4.69) is 5.32 Å². The van der Waals surface area contributed by atoms with E-state index in [9.17, 15) is 19.8 Å². The molecule has 2 rings (SSSR count). The molecule has 0 unspecified atom stereocenters. The molecule has 8 nitrogen and oxygen atoms in total. The molecule has 0 atom stereocenters. The Bertz CT molecular complexity index is 752. The summed E-state index contributed by atoms with van der Waals surface area (Å²) in [6.45, 7) is 1.55. The van der Waals surface area contributed by atoms with Gasteiger partial charge >= 0.3 is 0 Å². The Hall–Kier alpha value is -3.00. The van der Waals surface area contributed by atoms with Crippen LogP contribution in [-0.2, 0) is 23.2 Å². The summed E-state index contributed by atoms with van der Waals surface area (Å²) in [6.07, 6.45) is 1.32. The zero-order valence-corrected chi connectivity index (χ0v) is 13.6. The van der Waals surface area contributed by atoms with Crippen LogP contribution in [0, 0.1) is 0 Å². The molecule has 0 aliphatic carbocycles. The van der Waals surface area contributed by atoms with Crippen molar-refractivity contribution in [2.24, 2.45) is 7.05 Å². The van der Waals surface area contributed by atoms with Crippen molar-refractivity contribution < 1.29 is 24.6 Å². The van der Waals surface area contributed by atoms with Crippen LogP contribution in [0.25, 0.3) is 0 Å². The molecule has 128 valence electrons. The minimum absolute atomic E-state index is 0.0632. The number of hydrogen-bond acceptors (Lipinski definition) is 5. The highest BCUT2D eigenvalue weighted by molar-refractivity contribution is 5.97. The average molecular weight is 333 g/mol. The van der Waals surface area contributed by atoms with E-state index in [4.69, 9.17) is 4.84 Å². The fourth-order valence-electron chi connectivity index (χ4n) is 2.18. The molecule has 0 saturated carbocycles. The quantitative estimate of drug-likeness (QED) is 0.721. The summed E-state index contributed by atoms with van der Waals surface area (Å²) >= 11 is 0. The van der Waals surface area contributed by atoms with Crippen molar-refractivity contribution in [3.63, 3.8) is 0 Å². The first-order valence-electron chi connectivity index (χ1n) is 7.13. The van der Waals surface area contributed by atoms with Crippen LogP contribution in [0.4, 0.5) is 5.69 Å². The minimum Gasteiger partial charge on any atom is -0.503 e. The number of aromatic hydroxyl groups is 2. The van der Waals surface area contributed by atoms with Gasteiger partial charge in [-0.15, -0.1) is 0 Å². The predicted octanol–water partition coefficient (Wildman–Crippen LogP) is 1.60. The molecule has 2 aromatic rings. The molecule has 24 heavy (non-hydrogen) atoms. The number of nitrogens with one attached hydrogen (secondary N) is 1. The number of nitrogens with zero attached hydrogens (tertiary/aromatic N) is 2. The van der Waals surface area contributed by atoms with Crippen LogP contribution in [0.1, 0.15) is 22.8 Å². The van der Waals surface area contributed by atoms with Gasteiger partial charge < -0.3 is 20.1 Å². The molecule has 0 aliphatic heterocycles. The lowest BCUT2D eigenvalue weighted by Crippen LogP contribution is -2.29. The molecule has 0 fully saturated rings. The van der Waals surface area contributed by atoms with Crippen molar-refractivity contribution in [3.8, 4) is 11.6 Å². The van der Waals surface area contributed by atoms with E-state index < -0.39 is 17.5 Å². The van der Waals surface area contributed by atoms with Gasteiger partial charge in [0, 0.05) is 25.9 Å². The van der Waals surface area contributed by atoms with Gasteiger partial charge in [0.15, 0.2) is 5.75 Å². The molecule has 8 heteroatoms. The van der Waals surface area contributed by atoms with Gasteiger partial charge in [0.05, 0.1) is 13.7 Å². The number of hydrogen-bond donors (Lipinski definition) is 3. The average Bonchev–Trinajstić information content (AvgIpc) is 2.80. The zero-order chi connectivity index (χ0) is 17.9. The number of amides is 2. The number of benzene rings is 1. The number of carbonyl (C=O) groups excluding carboxylic acids is 2. The Kier molecular flexibility index (Phi) is 5.10. The zero-order valence-electron chi connectivity index (χ0n) is 13.6. The van der Waals surface area contributed by atoms with Crippen LogP contribution in [0.15, 0.2) is 30.5 Å². The summed E-state index contributed by atoms with van der Waals surface area (Å²) in [5, 5.41) is 23.1. The van der Waals surface area contributed by atoms with Gasteiger partial charge in [0.25, 0.3) is 5.91 Å². The molecule has 1 aromatic heterocycles. The standard InChI is InChI=1S/C16H19N3O5/c1-10(20)17-12-6-4-11(5-7-12)8-19(24-3)15(22)13-9-18(2)16(23)14(13)21/h4-7,9,21,23H,8H2,1-3H3,(H,17,20). The number of hydroxylamine groups is 2. The Morgan fingerprint density at radius 2 is 1.88 bits per heavy atom. The number of carbonyl (C=O) groups is 2. The van der Waals surface area contributed by atoms with Crippen molar-refractivity contribution >= 4 is 17.5 Å². The Morgan fingerprint density at radius 3 is 2.33 bits per heavy atom. The van der Waals surface area contributed by atoms with Gasteiger partial charge in [-0.3, -0.25) is 14.4 Å². The first-order valence-corrected chi connectivity index (χ1v) is 7.13. The lowest BCUT2D eigenvalue weighted by molar-refractivity contribution is -0.114. The third kappa shape index (κ3) is 3.66. The SMILES string of the molecule is CON(Cc1ccc(NC(C)=O)cc1)C(=O)c1cn(C)c(O)c1O. The maximum Gasteiger partial charge on any atom is 0.283 e. The van der Waals surface area contributed by atoms with Crippen molar-refractivity contribution in [3.05, 3.63) is 41.6 Å². The molecule has 0 bridgehead atoms. The summed E-state index contributed by atoms with van der Waals surface area (Å²) in [5.74, 6) is -1.65. The van der Waals surface area contributed by atoms with Crippen LogP contribution < -0.4 is 5.32 Å². The number of anilines is 1. The second-order valence-electron chi connectivity index (χ2n) is 5.23. The highest BCUT2D eigenvalue weighted by atomic mass is 16.7. The summed E-state index contributed by atoms with van der Waals surface area (Å²) < 4.78 is 1.23. The maximum absolute atomic E-state index is 12.4. The lowest BCUT2D eigenvalue weighted by atomic mass is 10.2. The first-order chi connectivity index (χ1) is 11.3. The molecule has 0 spiro atoms. The monoisotopic (exact) mass is 333 g/mol. The molecular formula is C16H19N3O5. The van der Waals surface area contributed by atoms with Gasteiger partial charge in [-0.25, -0.2) is 5.06 Å². The third-order valence-corrected chi connectivity index (χ3v) is 3.40. The molecule has 3 N–H and O–H groups in total. The van der Waals surface area contributed by atoms with E-state index in [0.717, 1.165) is 10.6 Å². The molecule has 1 aromatic carbocycles. The van der Waals surface area contributed by atoms with Gasteiger partial charge in [-0.05, 0) is 17.7 Å². The fraction of sp³-hybridized carbons (Fsp3) is 0.250. The normalized spacial score (nSPS) is 10.5. The largest absolute Gasteiger partial charge is 0.503 e. The third-order valence-electron chi connectivity index (χ3n) is 3.40. The maximum atomic E-state index is 12.4. The molecule has 2 amide bonds. The van der Waals surface area contributed by atoms with Crippen molar-refractivity contribution in [2.75, 3.05) is 12.4 Å². The Balaban J connectivity index is 2.15. The van der Waals surface area contributed by atoms with Crippen LogP contribution in [0.3, 0.4) is 0 Å². The van der Waals surface area contributed by atoms with E-state index in [1.165, 1.54) is 31.8 Å². The topological polar surface area (TPSA) is 104 Å². The highest BCUT2D eigenvalue weighted by Crippen LogP contribution is 2.31. The molecule has 0 aliphatic rings. The second kappa shape index (κ2) is 7.05.